The number of aliphatic carboxylic acids is 1. The first kappa shape index (κ1) is 14.8. The summed E-state index contributed by atoms with van der Waals surface area (Å²) in [6, 6.07) is 11.0. The average molecular weight is 286 g/mol. The molecular weight excluding hydrogens is 268 g/mol. The average Bonchev–Trinajstić information content (AvgIpc) is 2.44. The Kier molecular flexibility index (Phi) is 3.60. The van der Waals surface area contributed by atoms with Crippen LogP contribution in [0.3, 0.4) is 0 Å². The van der Waals surface area contributed by atoms with E-state index in [1.807, 2.05) is 24.3 Å². The van der Waals surface area contributed by atoms with Gasteiger partial charge in [-0.05, 0) is 36.8 Å². The van der Waals surface area contributed by atoms with E-state index in [0.717, 1.165) is 10.8 Å². The zero-order valence-electron chi connectivity index (χ0n) is 12.3. The summed E-state index contributed by atoms with van der Waals surface area (Å²) in [5, 5.41) is 11.0. The molecule has 5 nitrogen and oxygen atoms in total. The van der Waals surface area contributed by atoms with Gasteiger partial charge in [0.05, 0.1) is 5.56 Å². The minimum Gasteiger partial charge on any atom is -0.480 e. The van der Waals surface area contributed by atoms with Crippen LogP contribution in [0.4, 0.5) is 5.69 Å². The fourth-order valence-corrected chi connectivity index (χ4v) is 2.02. The maximum absolute atomic E-state index is 12.5. The molecule has 0 fully saturated rings. The van der Waals surface area contributed by atoms with Crippen LogP contribution in [0.5, 0.6) is 0 Å². The molecule has 0 saturated carbocycles. The summed E-state index contributed by atoms with van der Waals surface area (Å²) in [5.41, 5.74) is 5.29. The molecule has 0 aliphatic rings. The first-order chi connectivity index (χ1) is 9.75. The van der Waals surface area contributed by atoms with Gasteiger partial charge in [-0.2, -0.15) is 0 Å². The van der Waals surface area contributed by atoms with E-state index in [1.165, 1.54) is 25.8 Å². The number of anilines is 1. The number of likely N-dealkylation sites (N-methyl/N-ethyl adjacent to an activating group) is 1. The van der Waals surface area contributed by atoms with E-state index in [-0.39, 0.29) is 0 Å². The topological polar surface area (TPSA) is 83.6 Å². The van der Waals surface area contributed by atoms with Crippen molar-refractivity contribution in [1.29, 1.82) is 0 Å². The van der Waals surface area contributed by atoms with Gasteiger partial charge in [-0.1, -0.05) is 24.3 Å². The van der Waals surface area contributed by atoms with Gasteiger partial charge in [0, 0.05) is 12.7 Å². The largest absolute Gasteiger partial charge is 0.480 e. The van der Waals surface area contributed by atoms with Gasteiger partial charge in [0.1, 0.15) is 5.54 Å². The van der Waals surface area contributed by atoms with Crippen molar-refractivity contribution in [1.82, 2.24) is 4.90 Å². The lowest BCUT2D eigenvalue weighted by molar-refractivity contribution is -0.147. The lowest BCUT2D eigenvalue weighted by Gasteiger charge is -2.32. The van der Waals surface area contributed by atoms with E-state index in [0.29, 0.717) is 11.3 Å². The van der Waals surface area contributed by atoms with Crippen molar-refractivity contribution in [2.75, 3.05) is 12.8 Å². The number of nitrogens with zero attached hydrogens (tertiary/aromatic N) is 1. The second kappa shape index (κ2) is 5.09. The summed E-state index contributed by atoms with van der Waals surface area (Å²) >= 11 is 0. The van der Waals surface area contributed by atoms with Gasteiger partial charge < -0.3 is 15.7 Å². The summed E-state index contributed by atoms with van der Waals surface area (Å²) in [7, 11) is 1.46. The Morgan fingerprint density at radius 2 is 1.67 bits per heavy atom. The van der Waals surface area contributed by atoms with Crippen molar-refractivity contribution in [2.24, 2.45) is 0 Å². The Hall–Kier alpha value is -2.56. The molecule has 0 aliphatic carbocycles. The minimum atomic E-state index is -1.31. The fraction of sp³-hybridized carbons (Fsp3) is 0.250. The van der Waals surface area contributed by atoms with E-state index in [4.69, 9.17) is 5.73 Å². The number of nitrogens with two attached hydrogens (primary N) is 1. The van der Waals surface area contributed by atoms with Gasteiger partial charge in [-0.3, -0.25) is 4.79 Å². The Morgan fingerprint density at radius 3 is 2.19 bits per heavy atom. The molecule has 0 unspecified atom stereocenters. The van der Waals surface area contributed by atoms with Crippen molar-refractivity contribution >= 4 is 28.3 Å². The third-order valence-corrected chi connectivity index (χ3v) is 3.81. The Morgan fingerprint density at radius 1 is 1.14 bits per heavy atom. The number of hydrogen-bond donors (Lipinski definition) is 2. The molecule has 110 valence electrons. The third-order valence-electron chi connectivity index (χ3n) is 3.81. The zero-order chi connectivity index (χ0) is 15.8. The van der Waals surface area contributed by atoms with Crippen molar-refractivity contribution < 1.29 is 14.7 Å². The lowest BCUT2D eigenvalue weighted by atomic mass is 10.00. The van der Waals surface area contributed by atoms with Crippen LogP contribution in [0.25, 0.3) is 10.8 Å². The first-order valence-corrected chi connectivity index (χ1v) is 6.55. The molecule has 1 amide bonds. The van der Waals surface area contributed by atoms with Crippen LogP contribution < -0.4 is 5.73 Å². The molecule has 0 aliphatic heterocycles. The molecule has 0 spiro atoms. The lowest BCUT2D eigenvalue weighted by Crippen LogP contribution is -2.50. The quantitative estimate of drug-likeness (QED) is 0.848. The smallest absolute Gasteiger partial charge is 0.329 e. The van der Waals surface area contributed by atoms with Crippen LogP contribution >= 0.6 is 0 Å². The Labute approximate surface area is 123 Å². The van der Waals surface area contributed by atoms with Crippen LogP contribution in [0.1, 0.15) is 24.2 Å². The summed E-state index contributed by atoms with van der Waals surface area (Å²) in [6.07, 6.45) is 0. The summed E-state index contributed by atoms with van der Waals surface area (Å²) in [4.78, 5) is 25.0. The first-order valence-electron chi connectivity index (χ1n) is 6.55. The third kappa shape index (κ3) is 2.54. The van der Waals surface area contributed by atoms with E-state index in [1.54, 1.807) is 12.1 Å². The molecule has 2 rings (SSSR count). The second-order valence-corrected chi connectivity index (χ2v) is 5.51. The highest BCUT2D eigenvalue weighted by atomic mass is 16.4. The molecule has 21 heavy (non-hydrogen) atoms. The van der Waals surface area contributed by atoms with Crippen molar-refractivity contribution in [3.8, 4) is 0 Å². The molecule has 5 heteroatoms. The predicted octanol–water partition coefficient (Wildman–Crippen LogP) is 2.36. The molecule has 0 atom stereocenters. The molecule has 0 saturated heterocycles. The zero-order valence-corrected chi connectivity index (χ0v) is 12.3. The van der Waals surface area contributed by atoms with Crippen LogP contribution in [0, 0.1) is 0 Å². The standard InChI is InChI=1S/C16H18N2O3/c1-16(2,15(20)21)18(3)14(19)12-8-10-6-4-5-7-11(10)9-13(12)17/h4-9H,17H2,1-3H3,(H,20,21). The number of carbonyl (C=O) groups is 2. The highest BCUT2D eigenvalue weighted by molar-refractivity contribution is 6.05. The van der Waals surface area contributed by atoms with Gasteiger partial charge in [-0.25, -0.2) is 4.79 Å². The van der Waals surface area contributed by atoms with Crippen LogP contribution in [-0.4, -0.2) is 34.5 Å². The number of benzene rings is 2. The van der Waals surface area contributed by atoms with Gasteiger partial charge in [0.2, 0.25) is 0 Å². The van der Waals surface area contributed by atoms with Crippen LogP contribution in [0.2, 0.25) is 0 Å². The highest BCUT2D eigenvalue weighted by Gasteiger charge is 2.36. The summed E-state index contributed by atoms with van der Waals surface area (Å²) in [5.74, 6) is -1.48. The molecule has 2 aromatic rings. The van der Waals surface area contributed by atoms with Crippen molar-refractivity contribution in [3.05, 3.63) is 42.0 Å². The van der Waals surface area contributed by atoms with Crippen LogP contribution in [0.15, 0.2) is 36.4 Å². The number of nitrogen functional groups attached to an aromatic ring is 1. The Balaban J connectivity index is 2.48. The number of carbonyl (C=O) groups excluding carboxylic acids is 1. The molecule has 0 radical (unpaired) electrons. The second-order valence-electron chi connectivity index (χ2n) is 5.51. The van der Waals surface area contributed by atoms with Gasteiger partial charge >= 0.3 is 5.97 Å². The summed E-state index contributed by atoms with van der Waals surface area (Å²) in [6.45, 7) is 2.95. The fourth-order valence-electron chi connectivity index (χ4n) is 2.02. The monoisotopic (exact) mass is 286 g/mol. The number of amides is 1. The highest BCUT2D eigenvalue weighted by Crippen LogP contribution is 2.25. The van der Waals surface area contributed by atoms with Gasteiger partial charge in [0.15, 0.2) is 0 Å². The number of hydrogen-bond acceptors (Lipinski definition) is 3. The summed E-state index contributed by atoms with van der Waals surface area (Å²) < 4.78 is 0. The van der Waals surface area contributed by atoms with E-state index in [9.17, 15) is 14.7 Å². The van der Waals surface area contributed by atoms with Crippen molar-refractivity contribution in [3.63, 3.8) is 0 Å². The van der Waals surface area contributed by atoms with Crippen LogP contribution in [-0.2, 0) is 4.79 Å². The molecular formula is C16H18N2O3. The number of rotatable bonds is 3. The van der Waals surface area contributed by atoms with E-state index < -0.39 is 17.4 Å². The molecule has 0 aromatic heterocycles. The molecule has 0 bridgehead atoms. The molecule has 2 aromatic carbocycles. The molecule has 3 N–H and O–H groups in total. The Bertz CT molecular complexity index is 723. The number of fused-ring (bicyclic) bond motifs is 1. The number of carboxylic acids is 1. The van der Waals surface area contributed by atoms with Gasteiger partial charge in [0.25, 0.3) is 5.91 Å². The maximum atomic E-state index is 12.5. The predicted molar refractivity (Wildman–Crippen MR) is 82.2 cm³/mol. The van der Waals surface area contributed by atoms with E-state index in [2.05, 4.69) is 0 Å². The minimum absolute atomic E-state index is 0.311. The molecule has 0 heterocycles. The SMILES string of the molecule is CN(C(=O)c1cc2ccccc2cc1N)C(C)(C)C(=O)O. The number of carboxylic acid groups (broad SMARTS) is 1. The van der Waals surface area contributed by atoms with Gasteiger partial charge in [-0.15, -0.1) is 0 Å². The maximum Gasteiger partial charge on any atom is 0.329 e. The van der Waals surface area contributed by atoms with Crippen molar-refractivity contribution in [2.45, 2.75) is 19.4 Å². The normalized spacial score (nSPS) is 11.4. The van der Waals surface area contributed by atoms with E-state index >= 15 is 0 Å².